The highest BCUT2D eigenvalue weighted by Gasteiger charge is 2.40. The summed E-state index contributed by atoms with van der Waals surface area (Å²) in [7, 11) is 0. The molecule has 236 valence electrons. The molecule has 0 spiro atoms. The van der Waals surface area contributed by atoms with Crippen molar-refractivity contribution in [3.63, 3.8) is 0 Å². The van der Waals surface area contributed by atoms with E-state index >= 15 is 8.78 Å². The van der Waals surface area contributed by atoms with Crippen molar-refractivity contribution in [1.82, 2.24) is 0 Å². The third-order valence-electron chi connectivity index (χ3n) is 8.16. The molecule has 0 aliphatic heterocycles. The maximum Gasteiger partial charge on any atom is 0.132 e. The van der Waals surface area contributed by atoms with Gasteiger partial charge in [0, 0.05) is 29.2 Å². The van der Waals surface area contributed by atoms with Crippen molar-refractivity contribution in [2.45, 2.75) is 54.9 Å². The van der Waals surface area contributed by atoms with E-state index in [4.69, 9.17) is 5.26 Å². The van der Waals surface area contributed by atoms with Crippen molar-refractivity contribution in [3.8, 4) is 46.5 Å². The summed E-state index contributed by atoms with van der Waals surface area (Å²) < 4.78 is 31.1. The minimum atomic E-state index is -0.498. The SMILES string of the molecule is C/C=C1/C2=C(\C(=C(\C)C#N)c3c2cccc3-c2c(C)cc(C#N)cc2F)c2cccc(-c3c(C)cc(C#N)cc3F)c21.CC#N.CCC. The molecule has 0 amide bonds. The molecular formula is C42H34F2N4. The molecule has 4 aromatic rings. The van der Waals surface area contributed by atoms with Crippen LogP contribution in [0.5, 0.6) is 0 Å². The lowest BCUT2D eigenvalue weighted by molar-refractivity contribution is 0.629. The van der Waals surface area contributed by atoms with Crippen molar-refractivity contribution in [2.75, 3.05) is 0 Å². The van der Waals surface area contributed by atoms with Crippen LogP contribution in [0, 0.1) is 70.8 Å². The summed E-state index contributed by atoms with van der Waals surface area (Å²) in [5, 5.41) is 36.2. The molecule has 0 fully saturated rings. The van der Waals surface area contributed by atoms with Crippen molar-refractivity contribution < 1.29 is 8.78 Å². The topological polar surface area (TPSA) is 95.2 Å². The van der Waals surface area contributed by atoms with E-state index in [1.54, 1.807) is 39.0 Å². The standard InChI is InChI=1S/C37H23F2N3.C3H8.C2H3N/c1-5-24-34-25(31-19(2)12-22(17-41)14-29(31)38)8-6-10-27(34)37-33(21(4)16-40)36-26(9-7-11-28(36)35(24)37)32-20(3)13-23(18-42)15-30(32)39;1-3-2;1-2-3/h5-15H,1-4H3;3H2,1-2H3;1H3/b24-5+,33-21-;;. The van der Waals surface area contributed by atoms with Gasteiger partial charge in [0.05, 0.1) is 35.4 Å². The number of allylic oxidation sites excluding steroid dienone is 6. The van der Waals surface area contributed by atoms with Gasteiger partial charge in [0.1, 0.15) is 11.6 Å². The quantitative estimate of drug-likeness (QED) is 0.205. The predicted molar refractivity (Wildman–Crippen MR) is 188 cm³/mol. The molecule has 48 heavy (non-hydrogen) atoms. The molecule has 0 heterocycles. The second kappa shape index (κ2) is 14.6. The highest BCUT2D eigenvalue weighted by Crippen LogP contribution is 2.61. The van der Waals surface area contributed by atoms with Crippen molar-refractivity contribution in [3.05, 3.63) is 128 Å². The van der Waals surface area contributed by atoms with Crippen LogP contribution < -0.4 is 0 Å². The minimum absolute atomic E-state index is 0.244. The maximum absolute atomic E-state index is 15.6. The first-order valence-electron chi connectivity index (χ1n) is 15.6. The Labute approximate surface area is 281 Å². The Morgan fingerprint density at radius 3 is 1.50 bits per heavy atom. The molecule has 4 aromatic carbocycles. The van der Waals surface area contributed by atoms with Gasteiger partial charge in [-0.1, -0.05) is 62.7 Å². The molecule has 0 bridgehead atoms. The van der Waals surface area contributed by atoms with Crippen LogP contribution in [-0.4, -0.2) is 0 Å². The largest absolute Gasteiger partial charge is 0.206 e. The van der Waals surface area contributed by atoms with E-state index in [0.717, 1.165) is 39.0 Å². The first-order chi connectivity index (χ1) is 23.1. The normalized spacial score (nSPS) is 13.7. The molecule has 0 N–H and O–H groups in total. The molecular weight excluding hydrogens is 598 g/mol. The Morgan fingerprint density at radius 2 is 1.10 bits per heavy atom. The second-order valence-corrected chi connectivity index (χ2v) is 11.5. The maximum atomic E-state index is 15.6. The zero-order valence-electron chi connectivity index (χ0n) is 28.1. The fourth-order valence-corrected chi connectivity index (χ4v) is 6.58. The number of benzene rings is 4. The molecule has 2 aliphatic carbocycles. The molecule has 0 unspecified atom stereocenters. The van der Waals surface area contributed by atoms with Gasteiger partial charge < -0.3 is 0 Å². The fraction of sp³-hybridized carbons (Fsp3) is 0.190. The summed E-state index contributed by atoms with van der Waals surface area (Å²) in [5.74, 6) is -0.970. The van der Waals surface area contributed by atoms with E-state index in [0.29, 0.717) is 44.5 Å². The van der Waals surface area contributed by atoms with Crippen LogP contribution in [0.4, 0.5) is 8.78 Å². The number of nitriles is 4. The van der Waals surface area contributed by atoms with E-state index in [2.05, 4.69) is 19.9 Å². The van der Waals surface area contributed by atoms with Crippen molar-refractivity contribution in [2.24, 2.45) is 0 Å². The van der Waals surface area contributed by atoms with Crippen LogP contribution >= 0.6 is 0 Å². The van der Waals surface area contributed by atoms with Crippen LogP contribution in [0.1, 0.15) is 85.5 Å². The number of hydrogen-bond acceptors (Lipinski definition) is 4. The number of hydrogen-bond donors (Lipinski definition) is 0. The number of rotatable bonds is 2. The van der Waals surface area contributed by atoms with Gasteiger partial charge in [-0.25, -0.2) is 8.78 Å². The summed E-state index contributed by atoms with van der Waals surface area (Å²) in [6.07, 6.45) is 3.25. The third kappa shape index (κ3) is 5.82. The fourth-order valence-electron chi connectivity index (χ4n) is 6.58. The lowest BCUT2D eigenvalue weighted by Crippen LogP contribution is -2.01. The van der Waals surface area contributed by atoms with Gasteiger partial charge in [-0.3, -0.25) is 0 Å². The predicted octanol–water partition coefficient (Wildman–Crippen LogP) is 11.2. The monoisotopic (exact) mass is 632 g/mol. The zero-order chi connectivity index (χ0) is 35.3. The summed E-state index contributed by atoms with van der Waals surface area (Å²) in [5.41, 5.74) is 11.2. The van der Waals surface area contributed by atoms with Gasteiger partial charge in [-0.05, 0) is 113 Å². The average Bonchev–Trinajstić information content (AvgIpc) is 3.58. The van der Waals surface area contributed by atoms with Crippen LogP contribution in [0.2, 0.25) is 0 Å². The van der Waals surface area contributed by atoms with Gasteiger partial charge in [0.25, 0.3) is 0 Å². The lowest BCUT2D eigenvalue weighted by Gasteiger charge is -2.20. The first-order valence-corrected chi connectivity index (χ1v) is 15.6. The number of halogens is 2. The molecule has 6 rings (SSSR count). The summed E-state index contributed by atoms with van der Waals surface area (Å²) in [6.45, 7) is 12.9. The number of aryl methyl sites for hydroxylation is 2. The number of nitrogens with zero attached hydrogens (tertiary/aromatic N) is 4. The van der Waals surface area contributed by atoms with Crippen LogP contribution in [0.15, 0.2) is 72.3 Å². The van der Waals surface area contributed by atoms with Crippen LogP contribution in [0.25, 0.3) is 44.5 Å². The van der Waals surface area contributed by atoms with Crippen molar-refractivity contribution >= 4 is 22.3 Å². The average molecular weight is 633 g/mol. The zero-order valence-corrected chi connectivity index (χ0v) is 28.1. The smallest absolute Gasteiger partial charge is 0.132 e. The molecule has 0 aromatic heterocycles. The lowest BCUT2D eigenvalue weighted by atomic mass is 9.83. The molecule has 4 nitrogen and oxygen atoms in total. The molecule has 0 atom stereocenters. The Hall–Kier alpha value is -6.08. The first kappa shape index (κ1) is 34.8. The van der Waals surface area contributed by atoms with Crippen molar-refractivity contribution in [1.29, 1.82) is 21.0 Å². The van der Waals surface area contributed by atoms with Gasteiger partial charge >= 0.3 is 0 Å². The molecule has 0 saturated carbocycles. The summed E-state index contributed by atoms with van der Waals surface area (Å²) >= 11 is 0. The summed E-state index contributed by atoms with van der Waals surface area (Å²) in [6, 6.07) is 25.4. The molecule has 0 saturated heterocycles. The Kier molecular flexibility index (Phi) is 10.6. The minimum Gasteiger partial charge on any atom is -0.206 e. The molecule has 2 aliphatic rings. The number of fused-ring (bicyclic) bond motifs is 4. The van der Waals surface area contributed by atoms with E-state index in [-0.39, 0.29) is 11.1 Å². The molecule has 6 heteroatoms. The van der Waals surface area contributed by atoms with Gasteiger partial charge in [0.2, 0.25) is 0 Å². The molecule has 0 radical (unpaired) electrons. The summed E-state index contributed by atoms with van der Waals surface area (Å²) in [4.78, 5) is 0. The van der Waals surface area contributed by atoms with E-state index in [1.807, 2.05) is 61.5 Å². The Balaban J connectivity index is 0.000000808. The van der Waals surface area contributed by atoms with Gasteiger partial charge in [0.15, 0.2) is 0 Å². The third-order valence-corrected chi connectivity index (χ3v) is 8.16. The second-order valence-electron chi connectivity index (χ2n) is 11.5. The van der Waals surface area contributed by atoms with Crippen LogP contribution in [0.3, 0.4) is 0 Å². The highest BCUT2D eigenvalue weighted by molar-refractivity contribution is 6.38. The Bertz CT molecular complexity index is 2190. The van der Waals surface area contributed by atoms with E-state index in [9.17, 15) is 15.8 Å². The Morgan fingerprint density at radius 1 is 0.688 bits per heavy atom. The van der Waals surface area contributed by atoms with Crippen LogP contribution in [-0.2, 0) is 0 Å². The van der Waals surface area contributed by atoms with Gasteiger partial charge in [-0.15, -0.1) is 0 Å². The highest BCUT2D eigenvalue weighted by atomic mass is 19.1. The van der Waals surface area contributed by atoms with E-state index < -0.39 is 11.6 Å². The van der Waals surface area contributed by atoms with Gasteiger partial charge in [-0.2, -0.15) is 21.0 Å². The van der Waals surface area contributed by atoms with E-state index in [1.165, 1.54) is 25.5 Å².